The summed E-state index contributed by atoms with van der Waals surface area (Å²) in [6.45, 7) is 4.08. The van der Waals surface area contributed by atoms with E-state index in [1.54, 1.807) is 6.92 Å². The van der Waals surface area contributed by atoms with E-state index in [2.05, 4.69) is 16.2 Å². The number of hydrazine groups is 1. The van der Waals surface area contributed by atoms with Gasteiger partial charge in [-0.15, -0.1) is 0 Å². The molecule has 0 saturated carbocycles. The van der Waals surface area contributed by atoms with E-state index in [1.165, 1.54) is 18.2 Å². The number of nitro benzene ring substituents is 1. The van der Waals surface area contributed by atoms with Crippen LogP contribution in [0.2, 0.25) is 0 Å². The second-order valence-corrected chi connectivity index (χ2v) is 4.11. The van der Waals surface area contributed by atoms with Gasteiger partial charge < -0.3 is 5.32 Å². The zero-order chi connectivity index (χ0) is 14.4. The third-order valence-corrected chi connectivity index (χ3v) is 2.53. The monoisotopic (exact) mass is 282 g/mol. The largest absolute Gasteiger partial charge is 0.362 e. The lowest BCUT2D eigenvalue weighted by atomic mass is 10.1. The van der Waals surface area contributed by atoms with Gasteiger partial charge >= 0.3 is 0 Å². The number of carbonyl (C=O) groups excluding carboxylic acids is 1. The first kappa shape index (κ1) is 14.8. The van der Waals surface area contributed by atoms with Gasteiger partial charge in [-0.1, -0.05) is 0 Å². The van der Waals surface area contributed by atoms with Gasteiger partial charge in [-0.2, -0.15) is 0 Å². The summed E-state index contributed by atoms with van der Waals surface area (Å²) in [6.07, 6.45) is 0. The summed E-state index contributed by atoms with van der Waals surface area (Å²) < 4.78 is 0. The Bertz CT molecular complexity index is 519. The Morgan fingerprint density at radius 1 is 1.42 bits per heavy atom. The topological polar surface area (TPSA) is 96.3 Å². The molecule has 102 valence electrons. The summed E-state index contributed by atoms with van der Waals surface area (Å²) in [6, 6.07) is 4.14. The summed E-state index contributed by atoms with van der Waals surface area (Å²) in [5, 5.41) is 13.8. The molecular weight excluding hydrogens is 268 g/mol. The van der Waals surface area contributed by atoms with Gasteiger partial charge in [0, 0.05) is 23.7 Å². The van der Waals surface area contributed by atoms with Gasteiger partial charge in [-0.3, -0.25) is 25.8 Å². The smallest absolute Gasteiger partial charge is 0.272 e. The number of hydrogen-bond donors (Lipinski definition) is 3. The van der Waals surface area contributed by atoms with Crippen molar-refractivity contribution >= 4 is 28.9 Å². The maximum absolute atomic E-state index is 11.8. The van der Waals surface area contributed by atoms with Crippen molar-refractivity contribution in [2.75, 3.05) is 6.54 Å². The lowest BCUT2D eigenvalue weighted by Gasteiger charge is -2.10. The van der Waals surface area contributed by atoms with Crippen molar-refractivity contribution < 1.29 is 9.72 Å². The van der Waals surface area contributed by atoms with Gasteiger partial charge in [0.1, 0.15) is 0 Å². The zero-order valence-corrected chi connectivity index (χ0v) is 11.3. The van der Waals surface area contributed by atoms with Crippen molar-refractivity contribution in [2.24, 2.45) is 0 Å². The van der Waals surface area contributed by atoms with Gasteiger partial charge in [-0.25, -0.2) is 0 Å². The highest BCUT2D eigenvalue weighted by molar-refractivity contribution is 7.80. The quantitative estimate of drug-likeness (QED) is 0.435. The minimum atomic E-state index is -0.491. The average molecular weight is 282 g/mol. The molecule has 0 aliphatic heterocycles. The summed E-state index contributed by atoms with van der Waals surface area (Å²) >= 11 is 4.88. The Labute approximate surface area is 115 Å². The van der Waals surface area contributed by atoms with E-state index in [4.69, 9.17) is 12.2 Å². The van der Waals surface area contributed by atoms with Gasteiger partial charge in [0.15, 0.2) is 5.11 Å². The van der Waals surface area contributed by atoms with E-state index >= 15 is 0 Å². The summed E-state index contributed by atoms with van der Waals surface area (Å²) in [5.41, 5.74) is 5.64. The predicted molar refractivity (Wildman–Crippen MR) is 74.7 cm³/mol. The second kappa shape index (κ2) is 6.64. The Morgan fingerprint density at radius 2 is 2.11 bits per heavy atom. The van der Waals surface area contributed by atoms with Crippen LogP contribution < -0.4 is 16.2 Å². The molecule has 3 N–H and O–H groups in total. The Hall–Kier alpha value is -2.22. The molecule has 0 atom stereocenters. The molecule has 0 unspecified atom stereocenters. The molecule has 0 fully saturated rings. The maximum Gasteiger partial charge on any atom is 0.272 e. The highest BCUT2D eigenvalue weighted by Gasteiger charge is 2.13. The number of nitrogens with one attached hydrogen (secondary N) is 3. The molecule has 0 aliphatic rings. The van der Waals surface area contributed by atoms with Gasteiger partial charge in [0.05, 0.1) is 4.92 Å². The van der Waals surface area contributed by atoms with Crippen LogP contribution in [-0.4, -0.2) is 22.5 Å². The van der Waals surface area contributed by atoms with Crippen molar-refractivity contribution in [3.05, 3.63) is 39.4 Å². The lowest BCUT2D eigenvalue weighted by molar-refractivity contribution is -0.385. The molecule has 8 heteroatoms. The molecule has 0 radical (unpaired) electrons. The van der Waals surface area contributed by atoms with Crippen molar-refractivity contribution in [3.63, 3.8) is 0 Å². The molecule has 7 nitrogen and oxygen atoms in total. The zero-order valence-electron chi connectivity index (χ0n) is 10.5. The van der Waals surface area contributed by atoms with E-state index in [0.717, 1.165) is 0 Å². The fourth-order valence-corrected chi connectivity index (χ4v) is 1.59. The summed E-state index contributed by atoms with van der Waals surface area (Å²) in [4.78, 5) is 21.9. The van der Waals surface area contributed by atoms with Crippen molar-refractivity contribution in [1.29, 1.82) is 0 Å². The highest BCUT2D eigenvalue weighted by atomic mass is 32.1. The number of amides is 1. The minimum Gasteiger partial charge on any atom is -0.362 e. The number of hydrogen-bond acceptors (Lipinski definition) is 4. The fraction of sp³-hybridized carbons (Fsp3) is 0.273. The predicted octanol–water partition coefficient (Wildman–Crippen LogP) is 1.03. The number of thiocarbonyl (C=S) groups is 1. The van der Waals surface area contributed by atoms with E-state index in [9.17, 15) is 14.9 Å². The van der Waals surface area contributed by atoms with Crippen LogP contribution in [-0.2, 0) is 0 Å². The van der Waals surface area contributed by atoms with Crippen LogP contribution >= 0.6 is 12.2 Å². The number of benzene rings is 1. The van der Waals surface area contributed by atoms with E-state index in [1.807, 2.05) is 6.92 Å². The third kappa shape index (κ3) is 4.18. The molecule has 0 spiro atoms. The Kier molecular flexibility index (Phi) is 5.19. The minimum absolute atomic E-state index is 0.0207. The van der Waals surface area contributed by atoms with Crippen molar-refractivity contribution in [1.82, 2.24) is 16.2 Å². The van der Waals surface area contributed by atoms with Gasteiger partial charge in [0.2, 0.25) is 0 Å². The Morgan fingerprint density at radius 3 is 2.63 bits per heavy atom. The van der Waals surface area contributed by atoms with Crippen molar-refractivity contribution in [3.8, 4) is 0 Å². The standard InChI is InChI=1S/C11H14N4O3S/c1-3-12-11(19)14-13-10(16)8-4-5-9(15(17)18)7(2)6-8/h4-6H,3H2,1-2H3,(H,13,16)(H2,12,14,19). The van der Waals surface area contributed by atoms with Gasteiger partial charge in [-0.05, 0) is 38.2 Å². The molecule has 0 heterocycles. The first-order chi connectivity index (χ1) is 8.95. The number of nitrogens with zero attached hydrogens (tertiary/aromatic N) is 1. The van der Waals surface area contributed by atoms with Crippen LogP contribution in [0.25, 0.3) is 0 Å². The number of carbonyl (C=O) groups is 1. The molecule has 1 amide bonds. The molecular formula is C11H14N4O3S. The van der Waals surface area contributed by atoms with Gasteiger partial charge in [0.25, 0.3) is 11.6 Å². The van der Waals surface area contributed by atoms with E-state index < -0.39 is 10.8 Å². The SMILES string of the molecule is CCNC(=S)NNC(=O)c1ccc([N+](=O)[O-])c(C)c1. The fourth-order valence-electron chi connectivity index (χ4n) is 1.39. The molecule has 0 aliphatic carbocycles. The van der Waals surface area contributed by atoms with Crippen LogP contribution in [0.15, 0.2) is 18.2 Å². The van der Waals surface area contributed by atoms with E-state index in [0.29, 0.717) is 22.8 Å². The molecule has 19 heavy (non-hydrogen) atoms. The van der Waals surface area contributed by atoms with Crippen LogP contribution in [0.1, 0.15) is 22.8 Å². The first-order valence-electron chi connectivity index (χ1n) is 5.55. The highest BCUT2D eigenvalue weighted by Crippen LogP contribution is 2.18. The first-order valence-corrected chi connectivity index (χ1v) is 5.95. The van der Waals surface area contributed by atoms with Crippen LogP contribution in [0.4, 0.5) is 5.69 Å². The number of aryl methyl sites for hydroxylation is 1. The number of nitro groups is 1. The van der Waals surface area contributed by atoms with Crippen LogP contribution in [0.3, 0.4) is 0 Å². The normalized spacial score (nSPS) is 9.58. The number of rotatable bonds is 3. The van der Waals surface area contributed by atoms with Crippen LogP contribution in [0, 0.1) is 17.0 Å². The maximum atomic E-state index is 11.8. The molecule has 1 aromatic carbocycles. The third-order valence-electron chi connectivity index (χ3n) is 2.28. The summed E-state index contributed by atoms with van der Waals surface area (Å²) in [5.74, 6) is -0.418. The molecule has 0 bridgehead atoms. The van der Waals surface area contributed by atoms with E-state index in [-0.39, 0.29) is 5.69 Å². The average Bonchev–Trinajstić information content (AvgIpc) is 2.35. The second-order valence-electron chi connectivity index (χ2n) is 3.70. The van der Waals surface area contributed by atoms with Crippen molar-refractivity contribution in [2.45, 2.75) is 13.8 Å². The lowest BCUT2D eigenvalue weighted by Crippen LogP contribution is -2.46. The molecule has 0 aromatic heterocycles. The Balaban J connectivity index is 2.70. The molecule has 0 saturated heterocycles. The molecule has 1 rings (SSSR count). The van der Waals surface area contributed by atoms with Crippen LogP contribution in [0.5, 0.6) is 0 Å². The molecule has 1 aromatic rings. The summed E-state index contributed by atoms with van der Waals surface area (Å²) in [7, 11) is 0.